The Morgan fingerprint density at radius 2 is 1.89 bits per heavy atom. The summed E-state index contributed by atoms with van der Waals surface area (Å²) in [5.74, 6) is -0.215. The van der Waals surface area contributed by atoms with Crippen LogP contribution in [0.5, 0.6) is 0 Å². The topological polar surface area (TPSA) is 151 Å². The number of carbonyl (C=O) groups excluding carboxylic acids is 1. The molecular weight excluding hydrogens is 348 g/mol. The number of hydrogen-bond acceptors (Lipinski definition) is 7. The Hall–Kier alpha value is -3.59. The number of amidine groups is 1. The van der Waals surface area contributed by atoms with Crippen molar-refractivity contribution in [2.24, 2.45) is 5.73 Å². The number of aromatic amines is 1. The van der Waals surface area contributed by atoms with Gasteiger partial charge in [-0.3, -0.25) is 5.41 Å². The van der Waals surface area contributed by atoms with Crippen molar-refractivity contribution in [1.29, 1.82) is 5.41 Å². The van der Waals surface area contributed by atoms with Gasteiger partial charge in [0.05, 0.1) is 12.8 Å². The minimum absolute atomic E-state index is 0.00826. The van der Waals surface area contributed by atoms with E-state index in [1.54, 1.807) is 24.3 Å². The van der Waals surface area contributed by atoms with Gasteiger partial charge in [-0.1, -0.05) is 24.3 Å². The smallest absolute Gasteiger partial charge is 0.335 e. The highest BCUT2D eigenvalue weighted by Crippen LogP contribution is 2.19. The summed E-state index contributed by atoms with van der Waals surface area (Å²) in [6.45, 7) is 0. The van der Waals surface area contributed by atoms with Crippen LogP contribution in [0.2, 0.25) is 0 Å². The number of nitrogen functional groups attached to an aromatic ring is 1. The first kappa shape index (κ1) is 18.2. The first-order valence-corrected chi connectivity index (χ1v) is 8.06. The molecule has 2 heterocycles. The molecule has 0 aliphatic rings. The minimum Gasteiger partial charge on any atom is -0.467 e. The number of nitrogens with one attached hydrogen (secondary N) is 2. The normalized spacial score (nSPS) is 11.8. The maximum atomic E-state index is 11.3. The molecule has 9 heteroatoms. The van der Waals surface area contributed by atoms with Crippen LogP contribution in [0.15, 0.2) is 42.6 Å². The number of ether oxygens (including phenoxy) is 1. The van der Waals surface area contributed by atoms with Gasteiger partial charge in [-0.25, -0.2) is 9.78 Å². The molecule has 2 aromatic heterocycles. The molecule has 138 valence electrons. The van der Waals surface area contributed by atoms with Crippen LogP contribution in [0.4, 0.5) is 0 Å². The van der Waals surface area contributed by atoms with Gasteiger partial charge in [0.25, 0.3) is 0 Å². The second-order valence-electron chi connectivity index (χ2n) is 5.79. The van der Waals surface area contributed by atoms with Crippen LogP contribution in [-0.2, 0) is 16.0 Å². The number of aliphatic hydroxyl groups is 1. The fourth-order valence-electron chi connectivity index (χ4n) is 2.45. The van der Waals surface area contributed by atoms with E-state index in [-0.39, 0.29) is 12.3 Å². The Balaban J connectivity index is 1.74. The van der Waals surface area contributed by atoms with E-state index in [1.165, 1.54) is 13.3 Å². The third-order valence-corrected chi connectivity index (χ3v) is 3.91. The van der Waals surface area contributed by atoms with Crippen LogP contribution in [0, 0.1) is 5.41 Å². The average Bonchev–Trinajstić information content (AvgIpc) is 3.16. The van der Waals surface area contributed by atoms with Crippen molar-refractivity contribution >= 4 is 11.8 Å². The first-order valence-electron chi connectivity index (χ1n) is 8.06. The van der Waals surface area contributed by atoms with Gasteiger partial charge in [0.2, 0.25) is 0 Å². The first-order chi connectivity index (χ1) is 13.0. The summed E-state index contributed by atoms with van der Waals surface area (Å²) in [7, 11) is 1.22. The number of carbonyl (C=O) groups is 1. The summed E-state index contributed by atoms with van der Waals surface area (Å²) in [5, 5.41) is 25.5. The van der Waals surface area contributed by atoms with Gasteiger partial charge in [0, 0.05) is 29.4 Å². The Labute approximate surface area is 154 Å². The number of methoxy groups -OCH3 is 1. The number of aromatic nitrogens is 4. The molecule has 0 saturated heterocycles. The van der Waals surface area contributed by atoms with E-state index in [9.17, 15) is 9.90 Å². The quantitative estimate of drug-likeness (QED) is 0.287. The molecule has 0 fully saturated rings. The third-order valence-electron chi connectivity index (χ3n) is 3.91. The zero-order valence-corrected chi connectivity index (χ0v) is 14.5. The lowest BCUT2D eigenvalue weighted by molar-refractivity contribution is -0.150. The Morgan fingerprint density at radius 1 is 1.22 bits per heavy atom. The zero-order valence-electron chi connectivity index (χ0n) is 14.5. The van der Waals surface area contributed by atoms with Gasteiger partial charge < -0.3 is 20.6 Å². The standard InChI is InChI=1S/C18H18N6O3/c1-27-18(26)15(25)8-12-9-21-17(22-12)14-7-6-13(23-24-14)10-2-4-11(5-3-10)16(19)20/h2-7,9,15,25H,8H2,1H3,(H3,19,20)(H,21,22). The number of esters is 1. The van der Waals surface area contributed by atoms with E-state index in [4.69, 9.17) is 11.1 Å². The molecule has 0 spiro atoms. The SMILES string of the molecule is COC(=O)C(O)Cc1cnc(-c2ccc(-c3ccc(C(=N)N)cc3)nn2)[nH]1. The molecule has 1 atom stereocenters. The van der Waals surface area contributed by atoms with Crippen LogP contribution >= 0.6 is 0 Å². The van der Waals surface area contributed by atoms with Crippen molar-refractivity contribution < 1.29 is 14.6 Å². The maximum Gasteiger partial charge on any atom is 0.335 e. The van der Waals surface area contributed by atoms with Crippen molar-refractivity contribution in [2.45, 2.75) is 12.5 Å². The largest absolute Gasteiger partial charge is 0.467 e. The summed E-state index contributed by atoms with van der Waals surface area (Å²) in [6, 6.07) is 10.7. The van der Waals surface area contributed by atoms with Gasteiger partial charge in [0.15, 0.2) is 11.9 Å². The van der Waals surface area contributed by atoms with E-state index < -0.39 is 12.1 Å². The Kier molecular flexibility index (Phi) is 5.23. The number of hydrogen-bond donors (Lipinski definition) is 4. The number of aliphatic hydroxyl groups excluding tert-OH is 1. The number of imidazole rings is 1. The Bertz CT molecular complexity index is 950. The zero-order chi connectivity index (χ0) is 19.4. The fraction of sp³-hybridized carbons (Fsp3) is 0.167. The van der Waals surface area contributed by atoms with Gasteiger partial charge in [0.1, 0.15) is 11.5 Å². The number of rotatable bonds is 6. The van der Waals surface area contributed by atoms with Crippen LogP contribution in [0.25, 0.3) is 22.8 Å². The molecule has 0 radical (unpaired) electrons. The average molecular weight is 366 g/mol. The molecule has 3 rings (SSSR count). The Morgan fingerprint density at radius 3 is 2.48 bits per heavy atom. The molecule has 1 aromatic carbocycles. The summed E-state index contributed by atoms with van der Waals surface area (Å²) < 4.78 is 4.49. The lowest BCUT2D eigenvalue weighted by Crippen LogP contribution is -2.24. The number of nitrogens with zero attached hydrogens (tertiary/aromatic N) is 3. The molecule has 1 unspecified atom stereocenters. The van der Waals surface area contributed by atoms with Crippen LogP contribution in [-0.4, -0.2) is 50.3 Å². The maximum absolute atomic E-state index is 11.3. The lowest BCUT2D eigenvalue weighted by Gasteiger charge is -2.05. The molecule has 9 nitrogen and oxygen atoms in total. The molecule has 27 heavy (non-hydrogen) atoms. The minimum atomic E-state index is -1.25. The molecule has 0 saturated carbocycles. The molecule has 0 aliphatic carbocycles. The molecule has 0 amide bonds. The van der Waals surface area contributed by atoms with Crippen LogP contribution in [0.3, 0.4) is 0 Å². The highest BCUT2D eigenvalue weighted by Gasteiger charge is 2.17. The second kappa shape index (κ2) is 7.75. The molecule has 5 N–H and O–H groups in total. The van der Waals surface area contributed by atoms with E-state index in [1.807, 2.05) is 12.1 Å². The predicted octanol–water partition coefficient (Wildman–Crippen LogP) is 0.894. The highest BCUT2D eigenvalue weighted by atomic mass is 16.5. The van der Waals surface area contributed by atoms with Crippen molar-refractivity contribution in [3.05, 3.63) is 53.9 Å². The van der Waals surface area contributed by atoms with Crippen molar-refractivity contribution in [2.75, 3.05) is 7.11 Å². The monoisotopic (exact) mass is 366 g/mol. The summed E-state index contributed by atoms with van der Waals surface area (Å²) in [6.07, 6.45) is 0.334. The van der Waals surface area contributed by atoms with Gasteiger partial charge in [-0.15, -0.1) is 10.2 Å². The van der Waals surface area contributed by atoms with E-state index in [0.717, 1.165) is 5.56 Å². The molecule has 3 aromatic rings. The third kappa shape index (κ3) is 4.15. The van der Waals surface area contributed by atoms with E-state index in [0.29, 0.717) is 28.5 Å². The highest BCUT2D eigenvalue weighted by molar-refractivity contribution is 5.95. The van der Waals surface area contributed by atoms with Crippen molar-refractivity contribution in [3.8, 4) is 22.8 Å². The lowest BCUT2D eigenvalue weighted by atomic mass is 10.1. The fourth-order valence-corrected chi connectivity index (χ4v) is 2.45. The summed E-state index contributed by atoms with van der Waals surface area (Å²) in [4.78, 5) is 18.5. The number of H-pyrrole nitrogens is 1. The van der Waals surface area contributed by atoms with Crippen LogP contribution < -0.4 is 5.73 Å². The van der Waals surface area contributed by atoms with Crippen molar-refractivity contribution in [1.82, 2.24) is 20.2 Å². The summed E-state index contributed by atoms with van der Waals surface area (Å²) >= 11 is 0. The molecular formula is C18H18N6O3. The molecule has 0 aliphatic heterocycles. The van der Waals surface area contributed by atoms with Crippen LogP contribution in [0.1, 0.15) is 11.3 Å². The van der Waals surface area contributed by atoms with Gasteiger partial charge in [-0.2, -0.15) is 0 Å². The van der Waals surface area contributed by atoms with Crippen molar-refractivity contribution in [3.63, 3.8) is 0 Å². The second-order valence-corrected chi connectivity index (χ2v) is 5.79. The van der Waals surface area contributed by atoms with Gasteiger partial charge in [-0.05, 0) is 12.1 Å². The molecule has 0 bridgehead atoms. The number of nitrogens with two attached hydrogens (primary N) is 1. The van der Waals surface area contributed by atoms with Gasteiger partial charge >= 0.3 is 5.97 Å². The summed E-state index contributed by atoms with van der Waals surface area (Å²) in [5.41, 5.74) is 8.71. The predicted molar refractivity (Wildman–Crippen MR) is 97.8 cm³/mol. The van der Waals surface area contributed by atoms with E-state index >= 15 is 0 Å². The van der Waals surface area contributed by atoms with E-state index in [2.05, 4.69) is 24.9 Å². The number of benzene rings is 1.